The van der Waals surface area contributed by atoms with Crippen LogP contribution in [0.15, 0.2) is 12.3 Å². The van der Waals surface area contributed by atoms with Gasteiger partial charge in [-0.15, -0.1) is 0 Å². The number of rotatable bonds is 1. The first-order valence-electron chi connectivity index (χ1n) is 3.80. The number of hydrogen-bond donors (Lipinski definition) is 1. The molecule has 11 heavy (non-hydrogen) atoms. The normalized spacial score (nSPS) is 13.1. The zero-order valence-corrected chi connectivity index (χ0v) is 7.26. The molecule has 0 bridgehead atoms. The first kappa shape index (κ1) is 8.21. The summed E-state index contributed by atoms with van der Waals surface area (Å²) in [5.74, 6) is 0. The molecule has 0 saturated heterocycles. The summed E-state index contributed by atoms with van der Waals surface area (Å²) in [6, 6.07) is 2.14. The van der Waals surface area contributed by atoms with Crippen LogP contribution in [0, 0.1) is 13.8 Å². The molecule has 0 aliphatic rings. The maximum absolute atomic E-state index is 5.70. The zero-order valence-electron chi connectivity index (χ0n) is 7.26. The van der Waals surface area contributed by atoms with Crippen molar-refractivity contribution in [2.75, 3.05) is 0 Å². The quantitative estimate of drug-likeness (QED) is 0.662. The maximum atomic E-state index is 5.70. The third-order valence-electron chi connectivity index (χ3n) is 1.69. The molecule has 1 aromatic rings. The van der Waals surface area contributed by atoms with Gasteiger partial charge in [0.05, 0.1) is 5.69 Å². The molecular weight excluding hydrogens is 136 g/mol. The average Bonchev–Trinajstić information content (AvgIpc) is 1.85. The van der Waals surface area contributed by atoms with E-state index < -0.39 is 0 Å². The zero-order chi connectivity index (χ0) is 8.43. The van der Waals surface area contributed by atoms with E-state index in [9.17, 15) is 0 Å². The molecule has 1 rings (SSSR count). The molecule has 0 aliphatic heterocycles. The fraction of sp³-hybridized carbons (Fsp3) is 0.444. The standard InChI is InChI=1S/C9H14N2/c1-6-4-7(2)9(8(3)10)11-5-6/h4-5,8H,10H2,1-3H3/t8-/m0/s1. The van der Waals surface area contributed by atoms with E-state index in [-0.39, 0.29) is 6.04 Å². The van der Waals surface area contributed by atoms with Gasteiger partial charge in [0.25, 0.3) is 0 Å². The molecule has 1 aromatic heterocycles. The third-order valence-corrected chi connectivity index (χ3v) is 1.69. The molecule has 0 unspecified atom stereocenters. The molecular formula is C9H14N2. The maximum Gasteiger partial charge on any atom is 0.0597 e. The molecule has 2 heteroatoms. The van der Waals surface area contributed by atoms with Crippen LogP contribution >= 0.6 is 0 Å². The average molecular weight is 150 g/mol. The van der Waals surface area contributed by atoms with Crippen molar-refractivity contribution in [3.8, 4) is 0 Å². The third kappa shape index (κ3) is 1.77. The van der Waals surface area contributed by atoms with E-state index in [1.807, 2.05) is 27.0 Å². The van der Waals surface area contributed by atoms with E-state index in [0.717, 1.165) is 5.69 Å². The molecule has 0 spiro atoms. The fourth-order valence-electron chi connectivity index (χ4n) is 1.20. The highest BCUT2D eigenvalue weighted by molar-refractivity contribution is 5.24. The van der Waals surface area contributed by atoms with Crippen molar-refractivity contribution >= 4 is 0 Å². The van der Waals surface area contributed by atoms with Crippen LogP contribution in [-0.4, -0.2) is 4.98 Å². The van der Waals surface area contributed by atoms with Gasteiger partial charge >= 0.3 is 0 Å². The van der Waals surface area contributed by atoms with Crippen LogP contribution in [0.2, 0.25) is 0 Å². The Morgan fingerprint density at radius 1 is 1.45 bits per heavy atom. The lowest BCUT2D eigenvalue weighted by molar-refractivity contribution is 0.770. The van der Waals surface area contributed by atoms with Gasteiger partial charge in [-0.1, -0.05) is 6.07 Å². The van der Waals surface area contributed by atoms with Crippen molar-refractivity contribution in [2.24, 2.45) is 5.73 Å². The van der Waals surface area contributed by atoms with E-state index in [1.54, 1.807) is 0 Å². The minimum Gasteiger partial charge on any atom is -0.323 e. The van der Waals surface area contributed by atoms with Crippen molar-refractivity contribution in [1.29, 1.82) is 0 Å². The van der Waals surface area contributed by atoms with E-state index in [1.165, 1.54) is 11.1 Å². The van der Waals surface area contributed by atoms with Crippen molar-refractivity contribution in [1.82, 2.24) is 4.98 Å². The van der Waals surface area contributed by atoms with Crippen molar-refractivity contribution in [2.45, 2.75) is 26.8 Å². The predicted molar refractivity (Wildman–Crippen MR) is 46.3 cm³/mol. The van der Waals surface area contributed by atoms with Gasteiger partial charge in [-0.2, -0.15) is 0 Å². The Balaban J connectivity index is 3.09. The van der Waals surface area contributed by atoms with Crippen molar-refractivity contribution in [3.63, 3.8) is 0 Å². The summed E-state index contributed by atoms with van der Waals surface area (Å²) in [5, 5.41) is 0. The van der Waals surface area contributed by atoms with Gasteiger partial charge in [-0.25, -0.2) is 0 Å². The highest BCUT2D eigenvalue weighted by Gasteiger charge is 2.03. The van der Waals surface area contributed by atoms with Crippen LogP contribution < -0.4 is 5.73 Å². The predicted octanol–water partition coefficient (Wildman–Crippen LogP) is 1.72. The number of pyridine rings is 1. The van der Waals surface area contributed by atoms with Crippen LogP contribution in [0.3, 0.4) is 0 Å². The lowest BCUT2D eigenvalue weighted by atomic mass is 10.1. The van der Waals surface area contributed by atoms with Gasteiger partial charge in [0.15, 0.2) is 0 Å². The smallest absolute Gasteiger partial charge is 0.0597 e. The Morgan fingerprint density at radius 2 is 2.09 bits per heavy atom. The summed E-state index contributed by atoms with van der Waals surface area (Å²) >= 11 is 0. The Labute approximate surface area is 67.5 Å². The second-order valence-corrected chi connectivity index (χ2v) is 3.00. The molecule has 0 fully saturated rings. The molecule has 0 aliphatic carbocycles. The van der Waals surface area contributed by atoms with Crippen molar-refractivity contribution in [3.05, 3.63) is 29.1 Å². The largest absolute Gasteiger partial charge is 0.323 e. The number of aromatic nitrogens is 1. The lowest BCUT2D eigenvalue weighted by Crippen LogP contribution is -2.09. The Hall–Kier alpha value is -0.890. The first-order valence-corrected chi connectivity index (χ1v) is 3.80. The van der Waals surface area contributed by atoms with Gasteiger partial charge in [-0.05, 0) is 31.9 Å². The van der Waals surface area contributed by atoms with E-state index in [0.29, 0.717) is 0 Å². The molecule has 0 aromatic carbocycles. The summed E-state index contributed by atoms with van der Waals surface area (Å²) in [7, 11) is 0. The summed E-state index contributed by atoms with van der Waals surface area (Å²) in [6.45, 7) is 6.02. The van der Waals surface area contributed by atoms with Crippen molar-refractivity contribution < 1.29 is 0 Å². The summed E-state index contributed by atoms with van der Waals surface area (Å²) in [6.07, 6.45) is 1.85. The molecule has 0 saturated carbocycles. The minimum atomic E-state index is 0.0376. The molecule has 0 radical (unpaired) electrons. The Morgan fingerprint density at radius 3 is 2.55 bits per heavy atom. The summed E-state index contributed by atoms with van der Waals surface area (Å²) in [5.41, 5.74) is 9.07. The van der Waals surface area contributed by atoms with Gasteiger partial charge in [0.2, 0.25) is 0 Å². The molecule has 60 valence electrons. The monoisotopic (exact) mass is 150 g/mol. The molecule has 2 nitrogen and oxygen atoms in total. The number of hydrogen-bond acceptors (Lipinski definition) is 2. The van der Waals surface area contributed by atoms with Crippen LogP contribution in [0.4, 0.5) is 0 Å². The first-order chi connectivity index (χ1) is 5.11. The number of nitrogens with zero attached hydrogens (tertiary/aromatic N) is 1. The highest BCUT2D eigenvalue weighted by atomic mass is 14.8. The van der Waals surface area contributed by atoms with Gasteiger partial charge in [0.1, 0.15) is 0 Å². The molecule has 1 atom stereocenters. The fourth-order valence-corrected chi connectivity index (χ4v) is 1.20. The minimum absolute atomic E-state index is 0.0376. The highest BCUT2D eigenvalue weighted by Crippen LogP contribution is 2.12. The van der Waals surface area contributed by atoms with Crippen LogP contribution in [0.25, 0.3) is 0 Å². The van der Waals surface area contributed by atoms with Gasteiger partial charge in [-0.3, -0.25) is 4.98 Å². The van der Waals surface area contributed by atoms with Crippen LogP contribution in [0.5, 0.6) is 0 Å². The van der Waals surface area contributed by atoms with Crippen LogP contribution in [0.1, 0.15) is 29.8 Å². The molecule has 1 heterocycles. The van der Waals surface area contributed by atoms with Crippen LogP contribution in [-0.2, 0) is 0 Å². The second kappa shape index (κ2) is 3.01. The number of nitrogens with two attached hydrogens (primary N) is 1. The topological polar surface area (TPSA) is 38.9 Å². The Kier molecular flexibility index (Phi) is 2.25. The van der Waals surface area contributed by atoms with E-state index >= 15 is 0 Å². The molecule has 0 amide bonds. The SMILES string of the molecule is Cc1cnc([C@H](C)N)c(C)c1. The number of aryl methyl sites for hydroxylation is 2. The lowest BCUT2D eigenvalue weighted by Gasteiger charge is -2.07. The second-order valence-electron chi connectivity index (χ2n) is 3.00. The Bertz CT molecular complexity index is 254. The van der Waals surface area contributed by atoms with Gasteiger partial charge in [0, 0.05) is 12.2 Å². The van der Waals surface area contributed by atoms with E-state index in [4.69, 9.17) is 5.73 Å². The van der Waals surface area contributed by atoms with E-state index in [2.05, 4.69) is 11.1 Å². The molecule has 2 N–H and O–H groups in total. The summed E-state index contributed by atoms with van der Waals surface area (Å²) in [4.78, 5) is 4.25. The van der Waals surface area contributed by atoms with Gasteiger partial charge < -0.3 is 5.73 Å². The summed E-state index contributed by atoms with van der Waals surface area (Å²) < 4.78 is 0.